The number of aromatic nitrogens is 2. The third-order valence-corrected chi connectivity index (χ3v) is 4.23. The Morgan fingerprint density at radius 1 is 1.24 bits per heavy atom. The van der Waals surface area contributed by atoms with Gasteiger partial charge in [-0.05, 0) is 45.6 Å². The molecule has 0 aromatic carbocycles. The number of hydrogen-bond donors (Lipinski definition) is 1. The molecule has 0 bridgehead atoms. The summed E-state index contributed by atoms with van der Waals surface area (Å²) in [4.78, 5) is 4.62. The van der Waals surface area contributed by atoms with Crippen LogP contribution in [-0.2, 0) is 4.74 Å². The third kappa shape index (κ3) is 4.51. The first-order valence-electron chi connectivity index (χ1n) is 8.46. The first-order valence-corrected chi connectivity index (χ1v) is 8.46. The monoisotopic (exact) mass is 295 g/mol. The van der Waals surface area contributed by atoms with E-state index < -0.39 is 0 Å². The van der Waals surface area contributed by atoms with Crippen LogP contribution in [-0.4, -0.2) is 29.3 Å². The van der Waals surface area contributed by atoms with E-state index in [9.17, 15) is 0 Å². The molecule has 1 atom stereocenters. The van der Waals surface area contributed by atoms with E-state index >= 15 is 0 Å². The van der Waals surface area contributed by atoms with Crippen LogP contribution in [0, 0.1) is 0 Å². The molecule has 0 radical (unpaired) electrons. The first-order chi connectivity index (χ1) is 10.3. The molecule has 0 amide bonds. The van der Waals surface area contributed by atoms with E-state index in [-0.39, 0.29) is 6.10 Å². The highest BCUT2D eigenvalue weighted by Gasteiger charge is 2.27. The second-order valence-corrected chi connectivity index (χ2v) is 5.83. The van der Waals surface area contributed by atoms with Crippen molar-refractivity contribution in [2.75, 3.05) is 13.2 Å². The van der Waals surface area contributed by atoms with E-state index in [1.165, 1.54) is 12.8 Å². The second-order valence-electron chi connectivity index (χ2n) is 5.83. The average molecular weight is 295 g/mol. The Morgan fingerprint density at radius 2 is 2.00 bits per heavy atom. The first kappa shape index (κ1) is 16.4. The number of nitrogens with zero attached hydrogens (tertiary/aromatic N) is 2. The molecule has 1 aliphatic carbocycles. The third-order valence-electron chi connectivity index (χ3n) is 4.23. The highest BCUT2D eigenvalue weighted by Crippen LogP contribution is 2.33. The molecule has 5 nitrogen and oxygen atoms in total. The highest BCUT2D eigenvalue weighted by molar-refractivity contribution is 4.99. The maximum Gasteiger partial charge on any atom is 0.229 e. The van der Waals surface area contributed by atoms with Crippen LogP contribution in [0.2, 0.25) is 0 Å². The van der Waals surface area contributed by atoms with Crippen molar-refractivity contribution in [1.29, 1.82) is 0 Å². The van der Waals surface area contributed by atoms with E-state index in [1.807, 2.05) is 6.92 Å². The fraction of sp³-hybridized carbons (Fsp3) is 0.875. The molecule has 1 unspecified atom stereocenters. The minimum Gasteiger partial charge on any atom is -0.370 e. The molecule has 0 aliphatic heterocycles. The molecule has 1 fully saturated rings. The van der Waals surface area contributed by atoms with Gasteiger partial charge in [-0.15, -0.1) is 0 Å². The van der Waals surface area contributed by atoms with E-state index in [0.29, 0.717) is 18.6 Å². The van der Waals surface area contributed by atoms with E-state index in [2.05, 4.69) is 29.3 Å². The molecule has 2 rings (SSSR count). The zero-order valence-corrected chi connectivity index (χ0v) is 13.6. The normalized spacial score (nSPS) is 24.1. The highest BCUT2D eigenvalue weighted by atomic mass is 16.5. The fourth-order valence-electron chi connectivity index (χ4n) is 3.13. The van der Waals surface area contributed by atoms with Gasteiger partial charge in [-0.25, -0.2) is 0 Å². The lowest BCUT2D eigenvalue weighted by Gasteiger charge is -2.26. The number of hydrogen-bond acceptors (Lipinski definition) is 5. The van der Waals surface area contributed by atoms with Crippen molar-refractivity contribution < 1.29 is 9.26 Å². The zero-order chi connectivity index (χ0) is 15.1. The summed E-state index contributed by atoms with van der Waals surface area (Å²) in [5, 5.41) is 7.68. The van der Waals surface area contributed by atoms with Crippen LogP contribution in [0.1, 0.15) is 83.0 Å². The quantitative estimate of drug-likeness (QED) is 0.794. The molecule has 5 heteroatoms. The average Bonchev–Trinajstić information content (AvgIpc) is 2.98. The van der Waals surface area contributed by atoms with Gasteiger partial charge in [0.2, 0.25) is 11.7 Å². The maximum absolute atomic E-state index is 5.72. The summed E-state index contributed by atoms with van der Waals surface area (Å²) in [5.74, 6) is 1.95. The molecule has 0 saturated heterocycles. The molecule has 1 heterocycles. The molecule has 21 heavy (non-hydrogen) atoms. The van der Waals surface area contributed by atoms with Crippen molar-refractivity contribution in [3.63, 3.8) is 0 Å². The van der Waals surface area contributed by atoms with Gasteiger partial charge in [-0.2, -0.15) is 4.98 Å². The van der Waals surface area contributed by atoms with Gasteiger partial charge in [0.15, 0.2) is 0 Å². The van der Waals surface area contributed by atoms with Crippen molar-refractivity contribution in [2.45, 2.75) is 77.4 Å². The van der Waals surface area contributed by atoms with Crippen LogP contribution in [0.5, 0.6) is 0 Å². The smallest absolute Gasteiger partial charge is 0.229 e. The number of rotatable bonds is 8. The standard InChI is InChI=1S/C16H29N3O2/c1-4-7-14(20-6-3)15-18-16(21-19-15)12-8-10-13(11-9-12)17-5-2/h12-14,17H,4-11H2,1-3H3. The summed E-state index contributed by atoms with van der Waals surface area (Å²) in [7, 11) is 0. The second kappa shape index (κ2) is 8.49. The van der Waals surface area contributed by atoms with Crippen molar-refractivity contribution in [3.8, 4) is 0 Å². The van der Waals surface area contributed by atoms with Crippen molar-refractivity contribution >= 4 is 0 Å². The van der Waals surface area contributed by atoms with Crippen LogP contribution >= 0.6 is 0 Å². The van der Waals surface area contributed by atoms with Crippen LogP contribution in [0.25, 0.3) is 0 Å². The van der Waals surface area contributed by atoms with Gasteiger partial charge in [0, 0.05) is 18.6 Å². The van der Waals surface area contributed by atoms with Crippen molar-refractivity contribution in [3.05, 3.63) is 11.7 Å². The van der Waals surface area contributed by atoms with Crippen molar-refractivity contribution in [2.24, 2.45) is 0 Å². The van der Waals surface area contributed by atoms with Gasteiger partial charge < -0.3 is 14.6 Å². The van der Waals surface area contributed by atoms with Crippen LogP contribution < -0.4 is 5.32 Å². The van der Waals surface area contributed by atoms with E-state index in [4.69, 9.17) is 9.26 Å². The minimum absolute atomic E-state index is 0.0180. The van der Waals surface area contributed by atoms with Gasteiger partial charge in [0.25, 0.3) is 0 Å². The zero-order valence-electron chi connectivity index (χ0n) is 13.6. The van der Waals surface area contributed by atoms with Gasteiger partial charge >= 0.3 is 0 Å². The lowest BCUT2D eigenvalue weighted by molar-refractivity contribution is 0.0477. The SMILES string of the molecule is CCCC(OCC)c1noc(C2CCC(NCC)CC2)n1. The number of nitrogens with one attached hydrogen (secondary N) is 1. The molecule has 1 aromatic rings. The summed E-state index contributed by atoms with van der Waals surface area (Å²) < 4.78 is 11.2. The van der Waals surface area contributed by atoms with Crippen LogP contribution in [0.15, 0.2) is 4.52 Å². The fourth-order valence-corrected chi connectivity index (χ4v) is 3.13. The molecule has 0 spiro atoms. The Balaban J connectivity index is 1.93. The number of ether oxygens (including phenoxy) is 1. The summed E-state index contributed by atoms with van der Waals surface area (Å²) in [6.45, 7) is 8.05. The lowest BCUT2D eigenvalue weighted by atomic mass is 9.86. The Labute approximate surface area is 127 Å². The van der Waals surface area contributed by atoms with Gasteiger partial charge in [0.05, 0.1) is 0 Å². The van der Waals surface area contributed by atoms with Gasteiger partial charge in [-0.1, -0.05) is 25.4 Å². The van der Waals surface area contributed by atoms with E-state index in [1.54, 1.807) is 0 Å². The van der Waals surface area contributed by atoms with Gasteiger partial charge in [-0.3, -0.25) is 0 Å². The molecular weight excluding hydrogens is 266 g/mol. The predicted octanol–water partition coefficient (Wildman–Crippen LogP) is 3.58. The Morgan fingerprint density at radius 3 is 2.62 bits per heavy atom. The van der Waals surface area contributed by atoms with E-state index in [0.717, 1.165) is 43.9 Å². The summed E-state index contributed by atoms with van der Waals surface area (Å²) in [5.41, 5.74) is 0. The van der Waals surface area contributed by atoms with Gasteiger partial charge in [0.1, 0.15) is 6.10 Å². The molecule has 120 valence electrons. The lowest BCUT2D eigenvalue weighted by Crippen LogP contribution is -2.32. The predicted molar refractivity (Wildman–Crippen MR) is 82.2 cm³/mol. The van der Waals surface area contributed by atoms with Crippen LogP contribution in [0.3, 0.4) is 0 Å². The summed E-state index contributed by atoms with van der Waals surface area (Å²) in [6, 6.07) is 0.657. The van der Waals surface area contributed by atoms with Crippen molar-refractivity contribution in [1.82, 2.24) is 15.5 Å². The molecular formula is C16H29N3O2. The Hall–Kier alpha value is -0.940. The molecule has 1 aliphatic rings. The maximum atomic E-state index is 5.72. The minimum atomic E-state index is -0.0180. The molecule has 1 N–H and O–H groups in total. The largest absolute Gasteiger partial charge is 0.370 e. The van der Waals surface area contributed by atoms with Crippen LogP contribution in [0.4, 0.5) is 0 Å². The summed E-state index contributed by atoms with van der Waals surface area (Å²) >= 11 is 0. The molecule has 1 saturated carbocycles. The molecule has 1 aromatic heterocycles. The Kier molecular flexibility index (Phi) is 6.64. The Bertz CT molecular complexity index is 394. The topological polar surface area (TPSA) is 60.2 Å². The summed E-state index contributed by atoms with van der Waals surface area (Å²) in [6.07, 6.45) is 6.64.